The van der Waals surface area contributed by atoms with Crippen LogP contribution >= 0.6 is 0 Å². The van der Waals surface area contributed by atoms with Crippen LogP contribution in [0.5, 0.6) is 0 Å². The molecule has 0 spiro atoms. The summed E-state index contributed by atoms with van der Waals surface area (Å²) in [6, 6.07) is 1.36. The summed E-state index contributed by atoms with van der Waals surface area (Å²) >= 11 is 0. The van der Waals surface area contributed by atoms with E-state index in [0.717, 1.165) is 21.5 Å². The van der Waals surface area contributed by atoms with Crippen molar-refractivity contribution in [3.05, 3.63) is 34.6 Å². The molecule has 1 saturated heterocycles. The van der Waals surface area contributed by atoms with Gasteiger partial charge in [0.2, 0.25) is 0 Å². The number of hydrogen-bond donors (Lipinski definition) is 0. The summed E-state index contributed by atoms with van der Waals surface area (Å²) in [6.07, 6.45) is 0.622. The van der Waals surface area contributed by atoms with Gasteiger partial charge in [0.05, 0.1) is 23.5 Å². The molecule has 3 aromatic rings. The highest BCUT2D eigenvalue weighted by atomic mass is 19.3. The van der Waals surface area contributed by atoms with Crippen LogP contribution in [0.4, 0.5) is 20.3 Å². The van der Waals surface area contributed by atoms with Crippen molar-refractivity contribution < 1.29 is 8.78 Å². The van der Waals surface area contributed by atoms with E-state index in [1.165, 1.54) is 12.3 Å². The van der Waals surface area contributed by atoms with Crippen molar-refractivity contribution in [3.8, 4) is 0 Å². The third-order valence-electron chi connectivity index (χ3n) is 4.79. The first-order chi connectivity index (χ1) is 13.4. The molecule has 4 heterocycles. The Kier molecular flexibility index (Phi) is 4.65. The Balaban J connectivity index is 1.51. The van der Waals surface area contributed by atoms with E-state index in [-0.39, 0.29) is 0 Å². The third-order valence-corrected chi connectivity index (χ3v) is 4.79. The zero-order valence-corrected chi connectivity index (χ0v) is 15.6. The lowest BCUT2D eigenvalue weighted by atomic mass is 10.2. The third kappa shape index (κ3) is 3.39. The zero-order valence-electron chi connectivity index (χ0n) is 15.6. The van der Waals surface area contributed by atoms with E-state index in [4.69, 9.17) is 0 Å². The van der Waals surface area contributed by atoms with Crippen LogP contribution in [0.2, 0.25) is 0 Å². The zero-order chi connectivity index (χ0) is 19.8. The highest BCUT2D eigenvalue weighted by Crippen LogP contribution is 2.25. The molecular formula is C17H20F2N8O. The fourth-order valence-electron chi connectivity index (χ4n) is 3.40. The van der Waals surface area contributed by atoms with Crippen LogP contribution in [0.3, 0.4) is 0 Å². The molecule has 1 aliphatic heterocycles. The molecule has 0 saturated carbocycles. The van der Waals surface area contributed by atoms with E-state index in [2.05, 4.69) is 25.1 Å². The van der Waals surface area contributed by atoms with Crippen LogP contribution in [0.15, 0.2) is 23.3 Å². The van der Waals surface area contributed by atoms with Gasteiger partial charge in [0.25, 0.3) is 12.0 Å². The molecule has 3 aromatic heterocycles. The van der Waals surface area contributed by atoms with Crippen LogP contribution < -0.4 is 15.4 Å². The van der Waals surface area contributed by atoms with Gasteiger partial charge in [-0.2, -0.15) is 10.2 Å². The van der Waals surface area contributed by atoms with Gasteiger partial charge in [0.15, 0.2) is 5.65 Å². The smallest absolute Gasteiger partial charge is 0.269 e. The molecule has 0 amide bonds. The normalized spacial score (nSPS) is 15.0. The Bertz CT molecular complexity index is 1050. The maximum atomic E-state index is 12.5. The Labute approximate surface area is 159 Å². The van der Waals surface area contributed by atoms with E-state index in [0.29, 0.717) is 37.7 Å². The molecule has 1 aliphatic rings. The first-order valence-corrected chi connectivity index (χ1v) is 8.94. The lowest BCUT2D eigenvalue weighted by Gasteiger charge is -2.36. The number of alkyl halides is 2. The van der Waals surface area contributed by atoms with Gasteiger partial charge in [-0.25, -0.2) is 23.4 Å². The molecule has 0 atom stereocenters. The molecule has 0 N–H and O–H groups in total. The van der Waals surface area contributed by atoms with Gasteiger partial charge in [0.1, 0.15) is 18.2 Å². The van der Waals surface area contributed by atoms with Crippen LogP contribution in [0.1, 0.15) is 5.82 Å². The van der Waals surface area contributed by atoms with Gasteiger partial charge in [0, 0.05) is 39.3 Å². The summed E-state index contributed by atoms with van der Waals surface area (Å²) in [5, 5.41) is 9.04. The number of nitrogens with zero attached hydrogens (tertiary/aromatic N) is 8. The second kappa shape index (κ2) is 7.13. The van der Waals surface area contributed by atoms with Crippen LogP contribution in [0.25, 0.3) is 11.0 Å². The predicted molar refractivity (Wildman–Crippen MR) is 100.0 cm³/mol. The Morgan fingerprint density at radius 3 is 2.46 bits per heavy atom. The van der Waals surface area contributed by atoms with Crippen molar-refractivity contribution in [2.45, 2.75) is 19.9 Å². The van der Waals surface area contributed by atoms with Crippen LogP contribution in [-0.4, -0.2) is 62.1 Å². The number of hydrogen-bond acceptors (Lipinski definition) is 7. The van der Waals surface area contributed by atoms with E-state index in [9.17, 15) is 13.6 Å². The van der Waals surface area contributed by atoms with Crippen molar-refractivity contribution >= 4 is 22.5 Å². The van der Waals surface area contributed by atoms with Crippen LogP contribution in [-0.2, 0) is 13.6 Å². The van der Waals surface area contributed by atoms with E-state index < -0.39 is 18.5 Å². The molecule has 1 fully saturated rings. The van der Waals surface area contributed by atoms with E-state index in [1.807, 2.05) is 18.9 Å². The van der Waals surface area contributed by atoms with E-state index in [1.54, 1.807) is 10.9 Å². The molecular weight excluding hydrogens is 370 g/mol. The molecule has 28 heavy (non-hydrogen) atoms. The summed E-state index contributed by atoms with van der Waals surface area (Å²) < 4.78 is 27.4. The summed E-state index contributed by atoms with van der Waals surface area (Å²) in [5.74, 6) is 1.53. The predicted octanol–water partition coefficient (Wildman–Crippen LogP) is 0.820. The molecule has 11 heteroatoms. The number of fused-ring (bicyclic) bond motifs is 1. The minimum atomic E-state index is -2.61. The van der Waals surface area contributed by atoms with Crippen molar-refractivity contribution in [3.63, 3.8) is 0 Å². The molecule has 4 rings (SSSR count). The topological polar surface area (TPSA) is 85.0 Å². The molecule has 0 bridgehead atoms. The number of aromatic nitrogens is 6. The Hall–Kier alpha value is -3.11. The van der Waals surface area contributed by atoms with Gasteiger partial charge in [-0.3, -0.25) is 9.48 Å². The first kappa shape index (κ1) is 18.3. The fraction of sp³-hybridized carbons (Fsp3) is 0.471. The van der Waals surface area contributed by atoms with Crippen molar-refractivity contribution in [2.24, 2.45) is 7.05 Å². The standard InChI is InChI=1S/C17H20F2N8O/c1-11-22-16-13(9-20-24(16)2)17(23-11)26-5-3-25(4-6-26)12-7-15(28)27(21-8-12)10-14(18)19/h7-9,14H,3-6,10H2,1-2H3. The maximum Gasteiger partial charge on any atom is 0.269 e. The van der Waals surface area contributed by atoms with Gasteiger partial charge >= 0.3 is 0 Å². The highest BCUT2D eigenvalue weighted by molar-refractivity contribution is 5.87. The summed E-state index contributed by atoms with van der Waals surface area (Å²) in [7, 11) is 1.85. The molecule has 9 nitrogen and oxygen atoms in total. The number of halogens is 2. The van der Waals surface area contributed by atoms with Gasteiger partial charge < -0.3 is 9.80 Å². The molecule has 0 radical (unpaired) electrons. The average molecular weight is 390 g/mol. The number of piperazine rings is 1. The van der Waals surface area contributed by atoms with Gasteiger partial charge in [-0.1, -0.05) is 0 Å². The van der Waals surface area contributed by atoms with Gasteiger partial charge in [-0.15, -0.1) is 0 Å². The Morgan fingerprint density at radius 2 is 1.79 bits per heavy atom. The average Bonchev–Trinajstić information content (AvgIpc) is 3.03. The van der Waals surface area contributed by atoms with Gasteiger partial charge in [-0.05, 0) is 6.92 Å². The van der Waals surface area contributed by atoms with Crippen molar-refractivity contribution in [1.82, 2.24) is 29.5 Å². The number of anilines is 2. The molecule has 0 aromatic carbocycles. The fourth-order valence-corrected chi connectivity index (χ4v) is 3.40. The SMILES string of the molecule is Cc1nc(N2CCN(c3cnn(CC(F)F)c(=O)c3)CC2)c2cnn(C)c2n1. The largest absolute Gasteiger partial charge is 0.367 e. The second-order valence-corrected chi connectivity index (χ2v) is 6.70. The quantitative estimate of drug-likeness (QED) is 0.652. The minimum Gasteiger partial charge on any atom is -0.367 e. The lowest BCUT2D eigenvalue weighted by molar-refractivity contribution is 0.119. The van der Waals surface area contributed by atoms with Crippen molar-refractivity contribution in [2.75, 3.05) is 36.0 Å². The highest BCUT2D eigenvalue weighted by Gasteiger charge is 2.22. The maximum absolute atomic E-state index is 12.5. The van der Waals surface area contributed by atoms with Crippen LogP contribution in [0, 0.1) is 6.92 Å². The van der Waals surface area contributed by atoms with Crippen molar-refractivity contribution in [1.29, 1.82) is 0 Å². The lowest BCUT2D eigenvalue weighted by Crippen LogP contribution is -2.47. The summed E-state index contributed by atoms with van der Waals surface area (Å²) in [4.78, 5) is 25.2. The first-order valence-electron chi connectivity index (χ1n) is 8.94. The van der Waals surface area contributed by atoms with E-state index >= 15 is 0 Å². The second-order valence-electron chi connectivity index (χ2n) is 6.70. The summed E-state index contributed by atoms with van der Waals surface area (Å²) in [6.45, 7) is 3.87. The molecule has 0 unspecified atom stereocenters. The number of aryl methyl sites for hydroxylation is 2. The molecule has 148 valence electrons. The monoisotopic (exact) mass is 390 g/mol. The summed E-state index contributed by atoms with van der Waals surface area (Å²) in [5.41, 5.74) is 0.904. The molecule has 0 aliphatic carbocycles. The Morgan fingerprint density at radius 1 is 1.07 bits per heavy atom. The number of rotatable bonds is 4. The minimum absolute atomic E-state index is 0.524.